The Kier molecular flexibility index (Phi) is 4.67. The number of thiophene rings is 1. The molecule has 1 aliphatic rings. The van der Waals surface area contributed by atoms with Crippen molar-refractivity contribution in [2.45, 2.75) is 20.0 Å². The van der Waals surface area contributed by atoms with E-state index in [0.717, 1.165) is 27.4 Å². The normalized spacial score (nSPS) is 14.0. The Morgan fingerprint density at radius 3 is 2.86 bits per heavy atom. The summed E-state index contributed by atoms with van der Waals surface area (Å²) in [5.74, 6) is 6.07. The molecule has 11 heteroatoms. The van der Waals surface area contributed by atoms with Crippen molar-refractivity contribution in [1.82, 2.24) is 20.0 Å². The topological polar surface area (TPSA) is 126 Å². The average Bonchev–Trinajstić information content (AvgIpc) is 3.26. The minimum absolute atomic E-state index is 0.322. The summed E-state index contributed by atoms with van der Waals surface area (Å²) in [5.41, 5.74) is 4.58. The van der Waals surface area contributed by atoms with Crippen molar-refractivity contribution in [3.05, 3.63) is 69.3 Å². The van der Waals surface area contributed by atoms with Gasteiger partial charge < -0.3 is 5.01 Å². The minimum Gasteiger partial charge on any atom is -0.312 e. The standard InChI is InChI=1S/C17H18N6O3S2/c1-11-7-12(4-5-14(11)20-28(24,25)26)8-23-15-10-22(18)9-13(17(15)19-21-23)16-3-2-6-27-16/h2-7,9,20H,8,10,18H2,1H3,(H,24,25,26). The highest BCUT2D eigenvalue weighted by molar-refractivity contribution is 7.87. The van der Waals surface area contributed by atoms with E-state index in [0.29, 0.717) is 24.3 Å². The lowest BCUT2D eigenvalue weighted by atomic mass is 10.1. The summed E-state index contributed by atoms with van der Waals surface area (Å²) in [4.78, 5) is 1.07. The van der Waals surface area contributed by atoms with Crippen LogP contribution < -0.4 is 10.6 Å². The van der Waals surface area contributed by atoms with E-state index in [4.69, 9.17) is 10.4 Å². The van der Waals surface area contributed by atoms with Crippen LogP contribution in [0.25, 0.3) is 5.57 Å². The first kappa shape index (κ1) is 18.6. The number of aromatic nitrogens is 3. The highest BCUT2D eigenvalue weighted by Crippen LogP contribution is 2.32. The molecule has 0 amide bonds. The summed E-state index contributed by atoms with van der Waals surface area (Å²) in [6.07, 6.45) is 1.87. The first-order chi connectivity index (χ1) is 13.3. The zero-order chi connectivity index (χ0) is 19.9. The molecule has 0 spiro atoms. The van der Waals surface area contributed by atoms with E-state index >= 15 is 0 Å². The quantitative estimate of drug-likeness (QED) is 0.427. The Morgan fingerprint density at radius 2 is 2.18 bits per heavy atom. The number of hydrogen-bond donors (Lipinski definition) is 3. The molecule has 0 unspecified atom stereocenters. The number of benzene rings is 1. The highest BCUT2D eigenvalue weighted by atomic mass is 32.2. The second-order valence-electron chi connectivity index (χ2n) is 6.46. The molecule has 28 heavy (non-hydrogen) atoms. The number of fused-ring (bicyclic) bond motifs is 1. The van der Waals surface area contributed by atoms with E-state index in [1.807, 2.05) is 29.8 Å². The number of nitrogens with zero attached hydrogens (tertiary/aromatic N) is 4. The second-order valence-corrected chi connectivity index (χ2v) is 8.56. The van der Waals surface area contributed by atoms with Gasteiger partial charge in [0.15, 0.2) is 0 Å². The lowest BCUT2D eigenvalue weighted by Crippen LogP contribution is -2.29. The van der Waals surface area contributed by atoms with Crippen LogP contribution in [0.4, 0.5) is 5.69 Å². The molecule has 4 rings (SSSR count). The number of hydrogen-bond acceptors (Lipinski definition) is 7. The Morgan fingerprint density at radius 1 is 1.36 bits per heavy atom. The van der Waals surface area contributed by atoms with Gasteiger partial charge in [0.2, 0.25) is 0 Å². The Hall–Kier alpha value is -2.73. The predicted molar refractivity (Wildman–Crippen MR) is 107 cm³/mol. The average molecular weight is 419 g/mol. The summed E-state index contributed by atoms with van der Waals surface area (Å²) < 4.78 is 34.8. The van der Waals surface area contributed by atoms with Crippen molar-refractivity contribution in [3.63, 3.8) is 0 Å². The molecule has 0 saturated carbocycles. The third-order valence-corrected chi connectivity index (χ3v) is 5.75. The van der Waals surface area contributed by atoms with Gasteiger partial charge in [-0.25, -0.2) is 10.5 Å². The van der Waals surface area contributed by atoms with Crippen LogP contribution >= 0.6 is 11.3 Å². The molecule has 146 valence electrons. The van der Waals surface area contributed by atoms with Gasteiger partial charge in [-0.1, -0.05) is 23.4 Å². The molecular weight excluding hydrogens is 400 g/mol. The van der Waals surface area contributed by atoms with Gasteiger partial charge in [-0.2, -0.15) is 8.42 Å². The first-order valence-electron chi connectivity index (χ1n) is 8.35. The molecule has 3 aromatic rings. The zero-order valence-electron chi connectivity index (χ0n) is 14.9. The Balaban J connectivity index is 1.63. The molecule has 0 aliphatic carbocycles. The smallest absolute Gasteiger partial charge is 0.312 e. The molecule has 0 radical (unpaired) electrons. The van der Waals surface area contributed by atoms with E-state index in [2.05, 4.69) is 15.0 Å². The fourth-order valence-electron chi connectivity index (χ4n) is 3.13. The summed E-state index contributed by atoms with van der Waals surface area (Å²) in [6, 6.07) is 9.20. The minimum atomic E-state index is -4.31. The van der Waals surface area contributed by atoms with Gasteiger partial charge in [0, 0.05) is 16.7 Å². The van der Waals surface area contributed by atoms with Gasteiger partial charge in [-0.3, -0.25) is 9.27 Å². The predicted octanol–water partition coefficient (Wildman–Crippen LogP) is 1.99. The number of aryl methyl sites for hydroxylation is 1. The highest BCUT2D eigenvalue weighted by Gasteiger charge is 2.24. The van der Waals surface area contributed by atoms with Crippen molar-refractivity contribution < 1.29 is 13.0 Å². The van der Waals surface area contributed by atoms with Gasteiger partial charge >= 0.3 is 10.3 Å². The number of hydrazine groups is 1. The van der Waals surface area contributed by atoms with E-state index in [1.165, 1.54) is 0 Å². The number of nitrogens with two attached hydrogens (primary N) is 1. The van der Waals surface area contributed by atoms with Crippen LogP contribution in [0.15, 0.2) is 41.9 Å². The summed E-state index contributed by atoms with van der Waals surface area (Å²) >= 11 is 1.61. The molecule has 0 fully saturated rings. The lowest BCUT2D eigenvalue weighted by Gasteiger charge is -2.22. The van der Waals surface area contributed by atoms with Crippen LogP contribution in [-0.2, 0) is 23.4 Å². The molecular formula is C17H18N6O3S2. The van der Waals surface area contributed by atoms with E-state index in [1.54, 1.807) is 40.1 Å². The van der Waals surface area contributed by atoms with Gasteiger partial charge in [0.1, 0.15) is 5.69 Å². The maximum Gasteiger partial charge on any atom is 0.357 e. The summed E-state index contributed by atoms with van der Waals surface area (Å²) in [7, 11) is -4.31. The van der Waals surface area contributed by atoms with Crippen LogP contribution in [0.5, 0.6) is 0 Å². The molecule has 0 bridgehead atoms. The molecule has 2 aromatic heterocycles. The molecule has 3 heterocycles. The van der Waals surface area contributed by atoms with Crippen LogP contribution in [0, 0.1) is 6.92 Å². The van der Waals surface area contributed by atoms with Crippen LogP contribution in [0.3, 0.4) is 0 Å². The molecule has 1 aromatic carbocycles. The maximum absolute atomic E-state index is 11.0. The Bertz CT molecular complexity index is 1150. The Labute approximate surface area is 165 Å². The van der Waals surface area contributed by atoms with Crippen molar-refractivity contribution in [3.8, 4) is 0 Å². The van der Waals surface area contributed by atoms with Gasteiger partial charge in [-0.05, 0) is 35.6 Å². The van der Waals surface area contributed by atoms with E-state index < -0.39 is 10.3 Å². The third-order valence-electron chi connectivity index (χ3n) is 4.37. The van der Waals surface area contributed by atoms with Crippen LogP contribution in [-0.4, -0.2) is 33.0 Å². The number of anilines is 1. The number of nitrogens with one attached hydrogen (secondary N) is 1. The lowest BCUT2D eigenvalue weighted by molar-refractivity contribution is 0.366. The monoisotopic (exact) mass is 418 g/mol. The third kappa shape index (κ3) is 3.78. The molecule has 0 saturated heterocycles. The molecule has 1 aliphatic heterocycles. The first-order valence-corrected chi connectivity index (χ1v) is 10.7. The van der Waals surface area contributed by atoms with Crippen molar-refractivity contribution in [2.75, 3.05) is 4.72 Å². The molecule has 0 atom stereocenters. The van der Waals surface area contributed by atoms with Gasteiger partial charge in [-0.15, -0.1) is 16.4 Å². The fraction of sp³-hybridized carbons (Fsp3) is 0.176. The van der Waals surface area contributed by atoms with E-state index in [9.17, 15) is 8.42 Å². The van der Waals surface area contributed by atoms with E-state index in [-0.39, 0.29) is 0 Å². The fourth-order valence-corrected chi connectivity index (χ4v) is 4.38. The molecule has 9 nitrogen and oxygen atoms in total. The maximum atomic E-state index is 11.0. The zero-order valence-corrected chi connectivity index (χ0v) is 16.5. The SMILES string of the molecule is Cc1cc(Cn2nnc3c2CN(N)C=C3c2cccs2)ccc1NS(=O)(=O)O. The van der Waals surface area contributed by atoms with Gasteiger partial charge in [0.05, 0.1) is 24.5 Å². The summed E-state index contributed by atoms with van der Waals surface area (Å²) in [6.45, 7) is 2.70. The van der Waals surface area contributed by atoms with Crippen LogP contribution in [0.2, 0.25) is 0 Å². The van der Waals surface area contributed by atoms with Crippen molar-refractivity contribution in [2.24, 2.45) is 5.84 Å². The van der Waals surface area contributed by atoms with Crippen molar-refractivity contribution >= 4 is 32.9 Å². The number of rotatable bonds is 5. The largest absolute Gasteiger partial charge is 0.357 e. The van der Waals surface area contributed by atoms with Crippen molar-refractivity contribution in [1.29, 1.82) is 0 Å². The van der Waals surface area contributed by atoms with Gasteiger partial charge in [0.25, 0.3) is 0 Å². The van der Waals surface area contributed by atoms with Crippen LogP contribution in [0.1, 0.15) is 27.4 Å². The summed E-state index contributed by atoms with van der Waals surface area (Å²) in [5, 5.41) is 12.3. The molecule has 4 N–H and O–H groups in total. The second kappa shape index (κ2) is 7.02.